The van der Waals surface area contributed by atoms with Gasteiger partial charge in [0, 0.05) is 30.2 Å². The van der Waals surface area contributed by atoms with Crippen molar-refractivity contribution in [1.29, 1.82) is 0 Å². The van der Waals surface area contributed by atoms with E-state index in [-0.39, 0.29) is 5.75 Å². The van der Waals surface area contributed by atoms with Gasteiger partial charge in [-0.1, -0.05) is 41.9 Å². The minimum Gasteiger partial charge on any atom is -0.508 e. The molecule has 0 saturated heterocycles. The van der Waals surface area contributed by atoms with Crippen LogP contribution in [0.25, 0.3) is 0 Å². The van der Waals surface area contributed by atoms with Crippen LogP contribution in [0, 0.1) is 0 Å². The number of hydrogen-bond acceptors (Lipinski definition) is 2. The molecule has 3 heteroatoms. The summed E-state index contributed by atoms with van der Waals surface area (Å²) in [5.41, 5.74) is 3.54. The zero-order valence-corrected chi connectivity index (χ0v) is 10.7. The van der Waals surface area contributed by atoms with Gasteiger partial charge in [-0.15, -0.1) is 0 Å². The first-order valence-corrected chi connectivity index (χ1v) is 6.37. The lowest BCUT2D eigenvalue weighted by molar-refractivity contribution is 0.271. The Morgan fingerprint density at radius 3 is 2.28 bits per heavy atom. The predicted octanol–water partition coefficient (Wildman–Crippen LogP) is 3.56. The van der Waals surface area contributed by atoms with E-state index in [4.69, 9.17) is 11.6 Å². The summed E-state index contributed by atoms with van der Waals surface area (Å²) in [5.74, 6) is 0.276. The van der Waals surface area contributed by atoms with Crippen LogP contribution >= 0.6 is 11.6 Å². The Kier molecular flexibility index (Phi) is 2.98. The molecular formula is C15H14ClNO. The summed E-state index contributed by atoms with van der Waals surface area (Å²) in [4.78, 5) is 2.28. The summed E-state index contributed by atoms with van der Waals surface area (Å²) in [5, 5.41) is 10.5. The molecule has 0 aliphatic carbocycles. The van der Waals surface area contributed by atoms with Crippen molar-refractivity contribution in [3.63, 3.8) is 0 Å². The van der Waals surface area contributed by atoms with E-state index < -0.39 is 0 Å². The maximum Gasteiger partial charge on any atom is 0.121 e. The third kappa shape index (κ3) is 2.09. The molecule has 0 saturated carbocycles. The normalized spacial score (nSPS) is 14.7. The molecule has 18 heavy (non-hydrogen) atoms. The SMILES string of the molecule is Oc1cccc(Cl)c1CN1Cc2ccccc2C1. The molecule has 0 aromatic heterocycles. The molecule has 3 rings (SSSR count). The van der Waals surface area contributed by atoms with Crippen LogP contribution in [0.15, 0.2) is 42.5 Å². The largest absolute Gasteiger partial charge is 0.508 e. The second kappa shape index (κ2) is 4.63. The molecule has 0 bridgehead atoms. The van der Waals surface area contributed by atoms with Crippen LogP contribution in [0.1, 0.15) is 16.7 Å². The van der Waals surface area contributed by atoms with Crippen molar-refractivity contribution < 1.29 is 5.11 Å². The minimum atomic E-state index is 0.276. The molecule has 1 N–H and O–H groups in total. The Balaban J connectivity index is 1.80. The molecule has 0 atom stereocenters. The monoisotopic (exact) mass is 259 g/mol. The van der Waals surface area contributed by atoms with Crippen molar-refractivity contribution in [2.24, 2.45) is 0 Å². The van der Waals surface area contributed by atoms with E-state index >= 15 is 0 Å². The van der Waals surface area contributed by atoms with Crippen LogP contribution in [0.5, 0.6) is 5.75 Å². The highest BCUT2D eigenvalue weighted by atomic mass is 35.5. The van der Waals surface area contributed by atoms with Gasteiger partial charge in [-0.05, 0) is 23.3 Å². The fourth-order valence-corrected chi connectivity index (χ4v) is 2.67. The Bertz CT molecular complexity index is 537. The summed E-state index contributed by atoms with van der Waals surface area (Å²) in [6.45, 7) is 2.52. The highest BCUT2D eigenvalue weighted by Gasteiger charge is 2.20. The smallest absolute Gasteiger partial charge is 0.121 e. The molecule has 1 aliphatic heterocycles. The van der Waals surface area contributed by atoms with Crippen LogP contribution in [0.2, 0.25) is 5.02 Å². The van der Waals surface area contributed by atoms with E-state index in [2.05, 4.69) is 29.2 Å². The maximum absolute atomic E-state index is 9.86. The van der Waals surface area contributed by atoms with Crippen molar-refractivity contribution in [2.75, 3.05) is 0 Å². The molecule has 2 aromatic rings. The maximum atomic E-state index is 9.86. The van der Waals surface area contributed by atoms with Gasteiger partial charge in [0.2, 0.25) is 0 Å². The Labute approximate surface area is 111 Å². The van der Waals surface area contributed by atoms with Gasteiger partial charge in [-0.25, -0.2) is 0 Å². The van der Waals surface area contributed by atoms with Crippen LogP contribution in [-0.2, 0) is 19.6 Å². The standard InChI is InChI=1S/C15H14ClNO/c16-14-6-3-7-15(18)13(14)10-17-8-11-4-1-2-5-12(11)9-17/h1-7,18H,8-10H2. The summed E-state index contributed by atoms with van der Waals surface area (Å²) in [7, 11) is 0. The van der Waals surface area contributed by atoms with Crippen molar-refractivity contribution >= 4 is 11.6 Å². The van der Waals surface area contributed by atoms with Gasteiger partial charge in [0.25, 0.3) is 0 Å². The summed E-state index contributed by atoms with van der Waals surface area (Å²) in [6, 6.07) is 13.7. The number of fused-ring (bicyclic) bond motifs is 1. The van der Waals surface area contributed by atoms with Crippen LogP contribution in [-0.4, -0.2) is 10.0 Å². The Hall–Kier alpha value is -1.51. The first-order valence-electron chi connectivity index (χ1n) is 5.99. The molecule has 1 heterocycles. The summed E-state index contributed by atoms with van der Waals surface area (Å²) < 4.78 is 0. The van der Waals surface area contributed by atoms with Crippen molar-refractivity contribution in [2.45, 2.75) is 19.6 Å². The van der Waals surface area contributed by atoms with Crippen molar-refractivity contribution in [3.8, 4) is 5.75 Å². The zero-order chi connectivity index (χ0) is 12.5. The second-order valence-electron chi connectivity index (χ2n) is 4.65. The number of nitrogens with zero attached hydrogens (tertiary/aromatic N) is 1. The van der Waals surface area contributed by atoms with E-state index in [9.17, 15) is 5.11 Å². The van der Waals surface area contributed by atoms with Crippen LogP contribution in [0.4, 0.5) is 0 Å². The van der Waals surface area contributed by atoms with Crippen molar-refractivity contribution in [3.05, 3.63) is 64.2 Å². The van der Waals surface area contributed by atoms with Gasteiger partial charge in [-0.2, -0.15) is 0 Å². The second-order valence-corrected chi connectivity index (χ2v) is 5.06. The Morgan fingerprint density at radius 1 is 1.00 bits per heavy atom. The Morgan fingerprint density at radius 2 is 1.67 bits per heavy atom. The molecule has 92 valence electrons. The van der Waals surface area contributed by atoms with E-state index in [1.54, 1.807) is 12.1 Å². The molecule has 0 radical (unpaired) electrons. The summed E-state index contributed by atoms with van der Waals surface area (Å²) >= 11 is 6.13. The van der Waals surface area contributed by atoms with E-state index in [1.807, 2.05) is 6.07 Å². The molecule has 1 aliphatic rings. The van der Waals surface area contributed by atoms with E-state index in [0.29, 0.717) is 11.6 Å². The highest BCUT2D eigenvalue weighted by Crippen LogP contribution is 2.30. The lowest BCUT2D eigenvalue weighted by atomic mass is 10.1. The number of phenols is 1. The predicted molar refractivity (Wildman–Crippen MR) is 72.5 cm³/mol. The topological polar surface area (TPSA) is 23.5 Å². The molecule has 0 unspecified atom stereocenters. The van der Waals surface area contributed by atoms with Gasteiger partial charge in [0.15, 0.2) is 0 Å². The molecule has 0 fully saturated rings. The molecule has 0 amide bonds. The zero-order valence-electron chi connectivity index (χ0n) is 9.94. The van der Waals surface area contributed by atoms with E-state index in [0.717, 1.165) is 18.7 Å². The van der Waals surface area contributed by atoms with Gasteiger partial charge < -0.3 is 5.11 Å². The number of aromatic hydroxyl groups is 1. The van der Waals surface area contributed by atoms with Gasteiger partial charge >= 0.3 is 0 Å². The van der Waals surface area contributed by atoms with Crippen molar-refractivity contribution in [1.82, 2.24) is 4.90 Å². The number of benzene rings is 2. The lowest BCUT2D eigenvalue weighted by Crippen LogP contribution is -2.15. The fourth-order valence-electron chi connectivity index (χ4n) is 2.44. The van der Waals surface area contributed by atoms with Crippen LogP contribution < -0.4 is 0 Å². The van der Waals surface area contributed by atoms with Gasteiger partial charge in [0.05, 0.1) is 0 Å². The third-order valence-corrected chi connectivity index (χ3v) is 3.74. The lowest BCUT2D eigenvalue weighted by Gasteiger charge is -2.16. The number of rotatable bonds is 2. The summed E-state index contributed by atoms with van der Waals surface area (Å²) in [6.07, 6.45) is 0. The number of hydrogen-bond donors (Lipinski definition) is 1. The molecular weight excluding hydrogens is 246 g/mol. The first-order chi connectivity index (χ1) is 8.74. The quantitative estimate of drug-likeness (QED) is 0.891. The molecule has 0 spiro atoms. The highest BCUT2D eigenvalue weighted by molar-refractivity contribution is 6.31. The first kappa shape index (κ1) is 11.6. The van der Waals surface area contributed by atoms with Crippen LogP contribution in [0.3, 0.4) is 0 Å². The van der Waals surface area contributed by atoms with Gasteiger partial charge in [0.1, 0.15) is 5.75 Å². The average molecular weight is 260 g/mol. The fraction of sp³-hybridized carbons (Fsp3) is 0.200. The number of phenolic OH excluding ortho intramolecular Hbond substituents is 1. The molecule has 2 aromatic carbocycles. The third-order valence-electron chi connectivity index (χ3n) is 3.38. The average Bonchev–Trinajstić information content (AvgIpc) is 2.76. The number of halogens is 1. The minimum absolute atomic E-state index is 0.276. The van der Waals surface area contributed by atoms with E-state index in [1.165, 1.54) is 11.1 Å². The van der Waals surface area contributed by atoms with Gasteiger partial charge in [-0.3, -0.25) is 4.90 Å². The molecule has 2 nitrogen and oxygen atoms in total.